The first kappa shape index (κ1) is 18.7. The number of nitrogens with zero attached hydrogens (tertiary/aromatic N) is 1. The summed E-state index contributed by atoms with van der Waals surface area (Å²) in [5.74, 6) is -0.560. The van der Waals surface area contributed by atoms with E-state index >= 15 is 0 Å². The molecule has 1 aromatic rings. The predicted molar refractivity (Wildman–Crippen MR) is 89.7 cm³/mol. The van der Waals surface area contributed by atoms with Crippen molar-refractivity contribution in [2.75, 3.05) is 20.2 Å². The minimum atomic E-state index is -3.67. The van der Waals surface area contributed by atoms with E-state index in [2.05, 4.69) is 4.72 Å². The molecule has 1 aliphatic rings. The molecule has 0 aromatic heterocycles. The lowest BCUT2D eigenvalue weighted by atomic mass is 9.86. The summed E-state index contributed by atoms with van der Waals surface area (Å²) < 4.78 is 33.0. The van der Waals surface area contributed by atoms with Crippen LogP contribution in [0.2, 0.25) is 0 Å². The second-order valence-corrected chi connectivity index (χ2v) is 7.74. The minimum Gasteiger partial charge on any atom is -0.495 e. The van der Waals surface area contributed by atoms with Crippen LogP contribution >= 0.6 is 0 Å². The molecule has 0 heterocycles. The number of sulfonamides is 1. The minimum absolute atomic E-state index is 0.0215. The van der Waals surface area contributed by atoms with Crippen LogP contribution in [-0.2, 0) is 14.8 Å². The van der Waals surface area contributed by atoms with E-state index in [0.717, 1.165) is 5.56 Å². The third kappa shape index (κ3) is 4.25. The molecule has 0 bridgehead atoms. The van der Waals surface area contributed by atoms with Gasteiger partial charge in [-0.25, -0.2) is 13.1 Å². The molecule has 0 spiro atoms. The van der Waals surface area contributed by atoms with Gasteiger partial charge in [0.1, 0.15) is 10.6 Å². The van der Waals surface area contributed by atoms with Gasteiger partial charge in [-0.3, -0.25) is 9.69 Å². The van der Waals surface area contributed by atoms with Gasteiger partial charge >= 0.3 is 5.97 Å². The maximum atomic E-state index is 12.6. The van der Waals surface area contributed by atoms with Crippen LogP contribution in [0.1, 0.15) is 25.3 Å². The van der Waals surface area contributed by atoms with Crippen LogP contribution in [-0.4, -0.2) is 56.7 Å². The van der Waals surface area contributed by atoms with Crippen molar-refractivity contribution in [3.63, 3.8) is 0 Å². The van der Waals surface area contributed by atoms with Gasteiger partial charge in [0.2, 0.25) is 10.0 Å². The number of carboxylic acids is 1. The standard InChI is InChI=1S/C16H24N2O5S/c1-4-18(10-16(19)20)13-8-12(9-13)17-24(21,22)15-7-11(2)5-6-14(15)23-3/h5-7,12-13,17H,4,8-10H2,1-3H3,(H,19,20). The van der Waals surface area contributed by atoms with E-state index in [1.54, 1.807) is 18.2 Å². The van der Waals surface area contributed by atoms with Crippen molar-refractivity contribution < 1.29 is 23.1 Å². The summed E-state index contributed by atoms with van der Waals surface area (Å²) in [5, 5.41) is 8.90. The van der Waals surface area contributed by atoms with Gasteiger partial charge in [-0.2, -0.15) is 0 Å². The van der Waals surface area contributed by atoms with Crippen LogP contribution < -0.4 is 9.46 Å². The third-order valence-electron chi connectivity index (χ3n) is 4.30. The molecule has 0 unspecified atom stereocenters. The third-order valence-corrected chi connectivity index (χ3v) is 5.85. The Morgan fingerprint density at radius 2 is 2.08 bits per heavy atom. The van der Waals surface area contributed by atoms with Crippen molar-refractivity contribution in [1.82, 2.24) is 9.62 Å². The highest BCUT2D eigenvalue weighted by molar-refractivity contribution is 7.89. The number of ether oxygens (including phenoxy) is 1. The first-order chi connectivity index (χ1) is 11.3. The largest absolute Gasteiger partial charge is 0.495 e. The summed E-state index contributed by atoms with van der Waals surface area (Å²) in [6.07, 6.45) is 1.21. The Hall–Kier alpha value is -1.64. The fourth-order valence-electron chi connectivity index (χ4n) is 2.93. The number of nitrogens with one attached hydrogen (secondary N) is 1. The molecular formula is C16H24N2O5S. The molecule has 1 fully saturated rings. The van der Waals surface area contributed by atoms with Gasteiger partial charge in [0.15, 0.2) is 0 Å². The summed E-state index contributed by atoms with van der Waals surface area (Å²) in [7, 11) is -2.24. The van der Waals surface area contributed by atoms with Crippen molar-refractivity contribution in [1.29, 1.82) is 0 Å². The highest BCUT2D eigenvalue weighted by Crippen LogP contribution is 2.29. The fraction of sp³-hybridized carbons (Fsp3) is 0.562. The second kappa shape index (κ2) is 7.50. The number of hydrogen-bond donors (Lipinski definition) is 2. The molecule has 8 heteroatoms. The van der Waals surface area contributed by atoms with Crippen molar-refractivity contribution in [3.8, 4) is 5.75 Å². The van der Waals surface area contributed by atoms with Crippen LogP contribution in [0.15, 0.2) is 23.1 Å². The molecule has 1 aromatic carbocycles. The number of carboxylic acid groups (broad SMARTS) is 1. The molecule has 0 amide bonds. The highest BCUT2D eigenvalue weighted by atomic mass is 32.2. The zero-order valence-electron chi connectivity index (χ0n) is 14.2. The van der Waals surface area contributed by atoms with Gasteiger partial charge in [0.05, 0.1) is 13.7 Å². The van der Waals surface area contributed by atoms with E-state index in [1.807, 2.05) is 18.7 Å². The van der Waals surface area contributed by atoms with Gasteiger partial charge in [-0.05, 0) is 44.0 Å². The average Bonchev–Trinajstić information content (AvgIpc) is 2.48. The quantitative estimate of drug-likeness (QED) is 0.727. The molecule has 24 heavy (non-hydrogen) atoms. The molecule has 0 atom stereocenters. The Bertz CT molecular complexity index is 698. The monoisotopic (exact) mass is 356 g/mol. The van der Waals surface area contributed by atoms with E-state index in [9.17, 15) is 13.2 Å². The number of benzene rings is 1. The van der Waals surface area contributed by atoms with Crippen LogP contribution in [0, 0.1) is 6.92 Å². The van der Waals surface area contributed by atoms with Crippen LogP contribution in [0.3, 0.4) is 0 Å². The lowest BCUT2D eigenvalue weighted by molar-refractivity contribution is -0.139. The van der Waals surface area contributed by atoms with Crippen molar-refractivity contribution >= 4 is 16.0 Å². The highest BCUT2D eigenvalue weighted by Gasteiger charge is 2.36. The number of likely N-dealkylation sites (N-methyl/N-ethyl adjacent to an activating group) is 1. The Labute approximate surface area is 142 Å². The number of rotatable bonds is 8. The van der Waals surface area contributed by atoms with Crippen molar-refractivity contribution in [2.45, 2.75) is 43.7 Å². The van der Waals surface area contributed by atoms with Crippen molar-refractivity contribution in [3.05, 3.63) is 23.8 Å². The van der Waals surface area contributed by atoms with E-state index in [0.29, 0.717) is 25.1 Å². The second-order valence-electron chi connectivity index (χ2n) is 6.05. The van der Waals surface area contributed by atoms with E-state index in [1.165, 1.54) is 7.11 Å². The number of hydrogen-bond acceptors (Lipinski definition) is 5. The zero-order valence-corrected chi connectivity index (χ0v) is 15.0. The molecule has 1 saturated carbocycles. The average molecular weight is 356 g/mol. The fourth-order valence-corrected chi connectivity index (χ4v) is 4.45. The molecule has 7 nitrogen and oxygen atoms in total. The molecule has 2 rings (SSSR count). The molecule has 0 saturated heterocycles. The molecule has 0 radical (unpaired) electrons. The summed E-state index contributed by atoms with van der Waals surface area (Å²) in [4.78, 5) is 12.8. The van der Waals surface area contributed by atoms with Gasteiger partial charge < -0.3 is 9.84 Å². The number of methoxy groups -OCH3 is 1. The summed E-state index contributed by atoms with van der Waals surface area (Å²) in [6.45, 7) is 4.33. The number of carbonyl (C=O) groups is 1. The van der Waals surface area contributed by atoms with Gasteiger partial charge in [0.25, 0.3) is 0 Å². The lowest BCUT2D eigenvalue weighted by Gasteiger charge is -2.42. The molecule has 2 N–H and O–H groups in total. The van der Waals surface area contributed by atoms with Crippen LogP contribution in [0.4, 0.5) is 0 Å². The summed E-state index contributed by atoms with van der Waals surface area (Å²) in [6, 6.07) is 4.92. The molecule has 1 aliphatic carbocycles. The maximum Gasteiger partial charge on any atom is 0.317 e. The van der Waals surface area contributed by atoms with Gasteiger partial charge in [-0.15, -0.1) is 0 Å². The summed E-state index contributed by atoms with van der Waals surface area (Å²) >= 11 is 0. The lowest BCUT2D eigenvalue weighted by Crippen LogP contribution is -2.54. The summed E-state index contributed by atoms with van der Waals surface area (Å²) in [5.41, 5.74) is 0.835. The number of aliphatic carboxylic acids is 1. The normalized spacial score (nSPS) is 20.7. The SMILES string of the molecule is CCN(CC(=O)O)C1CC(NS(=O)(=O)c2cc(C)ccc2OC)C1. The Kier molecular flexibility index (Phi) is 5.84. The molecule has 0 aliphatic heterocycles. The maximum absolute atomic E-state index is 12.6. The zero-order chi connectivity index (χ0) is 17.9. The van der Waals surface area contributed by atoms with Crippen LogP contribution in [0.5, 0.6) is 5.75 Å². The Morgan fingerprint density at radius 1 is 1.42 bits per heavy atom. The first-order valence-electron chi connectivity index (χ1n) is 7.89. The van der Waals surface area contributed by atoms with Gasteiger partial charge in [-0.1, -0.05) is 13.0 Å². The Balaban J connectivity index is 2.02. The molecule has 134 valence electrons. The van der Waals surface area contributed by atoms with E-state index < -0.39 is 16.0 Å². The van der Waals surface area contributed by atoms with Gasteiger partial charge in [0, 0.05) is 12.1 Å². The topological polar surface area (TPSA) is 95.9 Å². The van der Waals surface area contributed by atoms with Crippen molar-refractivity contribution in [2.24, 2.45) is 0 Å². The smallest absolute Gasteiger partial charge is 0.317 e. The number of aryl methyl sites for hydroxylation is 1. The van der Waals surface area contributed by atoms with Crippen LogP contribution in [0.25, 0.3) is 0 Å². The predicted octanol–water partition coefficient (Wildman–Crippen LogP) is 1.22. The first-order valence-corrected chi connectivity index (χ1v) is 9.38. The van der Waals surface area contributed by atoms with E-state index in [-0.39, 0.29) is 23.5 Å². The van der Waals surface area contributed by atoms with E-state index in [4.69, 9.17) is 9.84 Å². The molecular weight excluding hydrogens is 332 g/mol. The Morgan fingerprint density at radius 3 is 2.62 bits per heavy atom.